The molecule has 1 aromatic heterocycles. The first-order chi connectivity index (χ1) is 10.2. The molecule has 0 bridgehead atoms. The monoisotopic (exact) mass is 301 g/mol. The predicted molar refractivity (Wildman–Crippen MR) is 80.6 cm³/mol. The first-order valence-electron chi connectivity index (χ1n) is 6.18. The lowest BCUT2D eigenvalue weighted by molar-refractivity contribution is 0.415. The third kappa shape index (κ3) is 2.41. The van der Waals surface area contributed by atoms with E-state index in [-0.39, 0.29) is 0 Å². The number of anilines is 1. The van der Waals surface area contributed by atoms with Crippen LogP contribution in [0, 0.1) is 0 Å². The molecule has 0 amide bonds. The zero-order valence-electron chi connectivity index (χ0n) is 11.2. The van der Waals surface area contributed by atoms with Crippen LogP contribution in [0.1, 0.15) is 0 Å². The third-order valence-electron chi connectivity index (χ3n) is 3.05. The molecule has 1 heterocycles. The van der Waals surface area contributed by atoms with Gasteiger partial charge in [-0.1, -0.05) is 23.7 Å². The largest absolute Gasteiger partial charge is 0.495 e. The molecule has 0 spiro atoms. The van der Waals surface area contributed by atoms with E-state index in [0.717, 1.165) is 11.3 Å². The molecule has 0 aliphatic rings. The number of nitrogens with zero attached hydrogens (tertiary/aromatic N) is 4. The van der Waals surface area contributed by atoms with Crippen LogP contribution in [0.3, 0.4) is 0 Å². The Labute approximate surface area is 126 Å². The summed E-state index contributed by atoms with van der Waals surface area (Å²) in [5.74, 6) is 1.14. The molecule has 0 radical (unpaired) electrons. The summed E-state index contributed by atoms with van der Waals surface area (Å²) in [7, 11) is 1.56. The summed E-state index contributed by atoms with van der Waals surface area (Å²) in [5.41, 5.74) is 8.07. The Morgan fingerprint density at radius 2 is 2.00 bits per heavy atom. The van der Waals surface area contributed by atoms with Crippen LogP contribution in [0.2, 0.25) is 5.02 Å². The molecule has 0 fully saturated rings. The van der Waals surface area contributed by atoms with Crippen LogP contribution in [0.4, 0.5) is 5.69 Å². The van der Waals surface area contributed by atoms with Crippen molar-refractivity contribution in [3.8, 4) is 22.8 Å². The Kier molecular flexibility index (Phi) is 3.45. The van der Waals surface area contributed by atoms with E-state index >= 15 is 0 Å². The molecule has 21 heavy (non-hydrogen) atoms. The van der Waals surface area contributed by atoms with Crippen molar-refractivity contribution in [2.75, 3.05) is 12.8 Å². The van der Waals surface area contributed by atoms with Gasteiger partial charge in [0.2, 0.25) is 0 Å². The smallest absolute Gasteiger partial charge is 0.189 e. The van der Waals surface area contributed by atoms with E-state index in [1.54, 1.807) is 30.0 Å². The Hall–Kier alpha value is -2.60. The lowest BCUT2D eigenvalue weighted by atomic mass is 10.1. The molecule has 0 saturated carbocycles. The maximum atomic E-state index is 6.14. The van der Waals surface area contributed by atoms with Crippen molar-refractivity contribution < 1.29 is 4.74 Å². The fraction of sp³-hybridized carbons (Fsp3) is 0.0714. The fourth-order valence-electron chi connectivity index (χ4n) is 2.02. The lowest BCUT2D eigenvalue weighted by Gasteiger charge is -2.08. The SMILES string of the molecule is COc1ccc(-n2nnnc2-c2ccccc2N)cc1Cl. The summed E-state index contributed by atoms with van der Waals surface area (Å²) in [4.78, 5) is 0. The molecule has 6 nitrogen and oxygen atoms in total. The number of rotatable bonds is 3. The van der Waals surface area contributed by atoms with Crippen molar-refractivity contribution in [1.29, 1.82) is 0 Å². The molecule has 7 heteroatoms. The van der Waals surface area contributed by atoms with Gasteiger partial charge >= 0.3 is 0 Å². The average molecular weight is 302 g/mol. The Morgan fingerprint density at radius 3 is 2.71 bits per heavy atom. The van der Waals surface area contributed by atoms with E-state index in [1.807, 2.05) is 24.3 Å². The molecule has 2 aromatic carbocycles. The van der Waals surface area contributed by atoms with Gasteiger partial charge in [0.1, 0.15) is 5.75 Å². The van der Waals surface area contributed by atoms with Crippen molar-refractivity contribution in [3.63, 3.8) is 0 Å². The summed E-state index contributed by atoms with van der Waals surface area (Å²) in [5, 5.41) is 12.2. The molecule has 2 N–H and O–H groups in total. The topological polar surface area (TPSA) is 78.8 Å². The number of aromatic nitrogens is 4. The van der Waals surface area contributed by atoms with Crippen molar-refractivity contribution in [2.24, 2.45) is 0 Å². The number of para-hydroxylation sites is 1. The molecular formula is C14H12ClN5O. The van der Waals surface area contributed by atoms with Crippen molar-refractivity contribution >= 4 is 17.3 Å². The summed E-state index contributed by atoms with van der Waals surface area (Å²) in [6.45, 7) is 0. The molecule has 3 rings (SSSR count). The molecule has 0 aliphatic carbocycles. The molecule has 0 aliphatic heterocycles. The molecule has 106 valence electrons. The quantitative estimate of drug-likeness (QED) is 0.752. The van der Waals surface area contributed by atoms with Gasteiger partial charge in [-0.3, -0.25) is 0 Å². The van der Waals surface area contributed by atoms with Gasteiger partial charge in [-0.25, -0.2) is 0 Å². The first kappa shape index (κ1) is 13.4. The van der Waals surface area contributed by atoms with Gasteiger partial charge in [-0.15, -0.1) is 5.10 Å². The standard InChI is InChI=1S/C14H12ClN5O/c1-21-13-7-6-9(8-11(13)15)20-14(17-18-19-20)10-4-2-3-5-12(10)16/h2-8H,16H2,1H3. The summed E-state index contributed by atoms with van der Waals surface area (Å²) in [6, 6.07) is 12.7. The van der Waals surface area contributed by atoms with Crippen LogP contribution in [0.5, 0.6) is 5.75 Å². The Bertz CT molecular complexity index is 787. The Morgan fingerprint density at radius 1 is 1.19 bits per heavy atom. The van der Waals surface area contributed by atoms with E-state index in [2.05, 4.69) is 15.5 Å². The molecule has 0 saturated heterocycles. The highest BCUT2D eigenvalue weighted by atomic mass is 35.5. The van der Waals surface area contributed by atoms with Gasteiger partial charge in [0.15, 0.2) is 5.82 Å². The minimum absolute atomic E-state index is 0.484. The van der Waals surface area contributed by atoms with Crippen LogP contribution < -0.4 is 10.5 Å². The van der Waals surface area contributed by atoms with Crippen LogP contribution in [-0.2, 0) is 0 Å². The van der Waals surface area contributed by atoms with Crippen molar-refractivity contribution in [2.45, 2.75) is 0 Å². The number of nitrogens with two attached hydrogens (primary N) is 1. The highest BCUT2D eigenvalue weighted by Crippen LogP contribution is 2.29. The number of benzene rings is 2. The van der Waals surface area contributed by atoms with Crippen molar-refractivity contribution in [1.82, 2.24) is 20.2 Å². The van der Waals surface area contributed by atoms with Gasteiger partial charge in [0, 0.05) is 11.3 Å². The van der Waals surface area contributed by atoms with E-state index in [9.17, 15) is 0 Å². The highest BCUT2D eigenvalue weighted by Gasteiger charge is 2.14. The predicted octanol–water partition coefficient (Wildman–Crippen LogP) is 2.57. The number of tetrazole rings is 1. The first-order valence-corrected chi connectivity index (χ1v) is 6.55. The second-order valence-electron chi connectivity index (χ2n) is 4.32. The molecule has 0 unspecified atom stereocenters. The number of halogens is 1. The summed E-state index contributed by atoms with van der Waals surface area (Å²) < 4.78 is 6.72. The van der Waals surface area contributed by atoms with Gasteiger partial charge in [0.25, 0.3) is 0 Å². The van der Waals surface area contributed by atoms with Gasteiger partial charge in [0.05, 0.1) is 17.8 Å². The van der Waals surface area contributed by atoms with E-state index in [0.29, 0.717) is 22.3 Å². The molecular weight excluding hydrogens is 290 g/mol. The van der Waals surface area contributed by atoms with Crippen LogP contribution in [0.15, 0.2) is 42.5 Å². The number of hydrogen-bond acceptors (Lipinski definition) is 5. The second-order valence-corrected chi connectivity index (χ2v) is 4.73. The number of ether oxygens (including phenoxy) is 1. The normalized spacial score (nSPS) is 10.6. The summed E-state index contributed by atoms with van der Waals surface area (Å²) >= 11 is 6.14. The maximum Gasteiger partial charge on any atom is 0.189 e. The minimum Gasteiger partial charge on any atom is -0.495 e. The third-order valence-corrected chi connectivity index (χ3v) is 3.35. The number of hydrogen-bond donors (Lipinski definition) is 1. The molecule has 0 atom stereocenters. The van der Waals surface area contributed by atoms with E-state index in [4.69, 9.17) is 22.1 Å². The van der Waals surface area contributed by atoms with Crippen LogP contribution in [-0.4, -0.2) is 27.3 Å². The van der Waals surface area contributed by atoms with Crippen LogP contribution in [0.25, 0.3) is 17.1 Å². The second kappa shape index (κ2) is 5.41. The minimum atomic E-state index is 0.484. The fourth-order valence-corrected chi connectivity index (χ4v) is 2.27. The maximum absolute atomic E-state index is 6.14. The number of methoxy groups -OCH3 is 1. The van der Waals surface area contributed by atoms with Crippen LogP contribution >= 0.6 is 11.6 Å². The average Bonchev–Trinajstić information content (AvgIpc) is 2.97. The number of nitrogen functional groups attached to an aromatic ring is 1. The Balaban J connectivity index is 2.11. The van der Waals surface area contributed by atoms with Gasteiger partial charge in [-0.05, 0) is 40.8 Å². The van der Waals surface area contributed by atoms with Gasteiger partial charge < -0.3 is 10.5 Å². The lowest BCUT2D eigenvalue weighted by Crippen LogP contribution is -2.02. The molecule has 3 aromatic rings. The summed E-state index contributed by atoms with van der Waals surface area (Å²) in [6.07, 6.45) is 0. The van der Waals surface area contributed by atoms with Gasteiger partial charge in [-0.2, -0.15) is 4.68 Å². The zero-order valence-corrected chi connectivity index (χ0v) is 11.9. The van der Waals surface area contributed by atoms with Crippen molar-refractivity contribution in [3.05, 3.63) is 47.5 Å². The highest BCUT2D eigenvalue weighted by molar-refractivity contribution is 6.32. The van der Waals surface area contributed by atoms with E-state index < -0.39 is 0 Å². The zero-order chi connectivity index (χ0) is 14.8. The van der Waals surface area contributed by atoms with E-state index in [1.165, 1.54) is 0 Å².